The van der Waals surface area contributed by atoms with E-state index in [4.69, 9.17) is 9.72 Å². The number of nitrogens with zero attached hydrogens (tertiary/aromatic N) is 4. The van der Waals surface area contributed by atoms with Crippen molar-refractivity contribution < 1.29 is 17.9 Å². The van der Waals surface area contributed by atoms with Crippen LogP contribution in [0.3, 0.4) is 0 Å². The molecule has 40 heavy (non-hydrogen) atoms. The van der Waals surface area contributed by atoms with Crippen molar-refractivity contribution in [1.82, 2.24) is 19.5 Å². The van der Waals surface area contributed by atoms with Gasteiger partial charge in [-0.2, -0.15) is 0 Å². The molecule has 0 spiro atoms. The summed E-state index contributed by atoms with van der Waals surface area (Å²) in [7, 11) is -4.05. The van der Waals surface area contributed by atoms with Crippen molar-refractivity contribution >= 4 is 21.7 Å². The smallest absolute Gasteiger partial charge is 0.268 e. The SMILES string of the molecule is CCC1CCC(Oc2ccn(-c3ccc(C(=O)NS(=O)(=O)c4ccccc4)c(N4C[C@@H](C)CC4(C)C)n3)n2)CC1. The number of hydrogen-bond donors (Lipinski definition) is 1. The number of nitrogens with one attached hydrogen (secondary N) is 1. The van der Waals surface area contributed by atoms with E-state index in [1.807, 2.05) is 6.07 Å². The summed E-state index contributed by atoms with van der Waals surface area (Å²) < 4.78 is 35.9. The maximum absolute atomic E-state index is 13.4. The molecule has 5 rings (SSSR count). The Morgan fingerprint density at radius 1 is 1.07 bits per heavy atom. The molecule has 2 aliphatic rings. The van der Waals surface area contributed by atoms with Gasteiger partial charge in [-0.3, -0.25) is 4.79 Å². The Labute approximate surface area is 237 Å². The van der Waals surface area contributed by atoms with Gasteiger partial charge < -0.3 is 9.64 Å². The van der Waals surface area contributed by atoms with Gasteiger partial charge >= 0.3 is 0 Å². The van der Waals surface area contributed by atoms with Crippen LogP contribution < -0.4 is 14.4 Å². The highest BCUT2D eigenvalue weighted by molar-refractivity contribution is 7.90. The molecule has 1 aromatic carbocycles. The maximum atomic E-state index is 13.4. The van der Waals surface area contributed by atoms with Crippen molar-refractivity contribution in [3.8, 4) is 11.7 Å². The molecule has 1 amide bonds. The van der Waals surface area contributed by atoms with E-state index in [2.05, 4.69) is 42.4 Å². The minimum Gasteiger partial charge on any atom is -0.473 e. The van der Waals surface area contributed by atoms with Crippen LogP contribution in [-0.4, -0.2) is 47.3 Å². The molecule has 1 aliphatic heterocycles. The molecule has 1 N–H and O–H groups in total. The van der Waals surface area contributed by atoms with Crippen LogP contribution in [0, 0.1) is 11.8 Å². The molecule has 0 unspecified atom stereocenters. The second kappa shape index (κ2) is 11.2. The van der Waals surface area contributed by atoms with Crippen molar-refractivity contribution in [3.05, 3.63) is 60.3 Å². The summed E-state index contributed by atoms with van der Waals surface area (Å²) in [6.07, 6.45) is 8.53. The summed E-state index contributed by atoms with van der Waals surface area (Å²) in [4.78, 5) is 20.4. The zero-order valence-electron chi connectivity index (χ0n) is 23.7. The van der Waals surface area contributed by atoms with Gasteiger partial charge in [0, 0.05) is 24.3 Å². The highest BCUT2D eigenvalue weighted by Crippen LogP contribution is 2.38. The Morgan fingerprint density at radius 2 is 1.80 bits per heavy atom. The fourth-order valence-corrected chi connectivity index (χ4v) is 7.06. The van der Waals surface area contributed by atoms with Crippen LogP contribution >= 0.6 is 0 Å². The standard InChI is InChI=1S/C30H39N5O4S/c1-5-22-11-13-23(14-12-22)39-27-17-18-35(32-27)26-16-15-25(28(31-26)34-20-21(2)19-30(34,3)4)29(36)33-40(37,38)24-9-7-6-8-10-24/h6-10,15-18,21-23H,5,11-14,19-20H2,1-4H3,(H,33,36)/t21-,22?,23?/m0/s1. The number of aromatic nitrogens is 3. The van der Waals surface area contributed by atoms with Crippen molar-refractivity contribution in [2.24, 2.45) is 11.8 Å². The van der Waals surface area contributed by atoms with Gasteiger partial charge in [0.2, 0.25) is 5.88 Å². The fraction of sp³-hybridized carbons (Fsp3) is 0.500. The average Bonchev–Trinajstić information content (AvgIpc) is 3.51. The maximum Gasteiger partial charge on any atom is 0.268 e. The van der Waals surface area contributed by atoms with Crippen molar-refractivity contribution in [3.63, 3.8) is 0 Å². The zero-order chi connectivity index (χ0) is 28.5. The molecule has 0 radical (unpaired) electrons. The summed E-state index contributed by atoms with van der Waals surface area (Å²) >= 11 is 0. The van der Waals surface area contributed by atoms with Crippen LogP contribution in [0.1, 0.15) is 76.6 Å². The Morgan fingerprint density at radius 3 is 2.45 bits per heavy atom. The minimum atomic E-state index is -4.05. The zero-order valence-corrected chi connectivity index (χ0v) is 24.5. The summed E-state index contributed by atoms with van der Waals surface area (Å²) in [6.45, 7) is 9.33. The molecule has 1 atom stereocenters. The highest BCUT2D eigenvalue weighted by atomic mass is 32.2. The summed E-state index contributed by atoms with van der Waals surface area (Å²) in [5.41, 5.74) is -0.0737. The van der Waals surface area contributed by atoms with Crippen LogP contribution in [0.5, 0.6) is 5.88 Å². The Balaban J connectivity index is 1.43. The van der Waals surface area contributed by atoms with Gasteiger partial charge in [-0.25, -0.2) is 22.8 Å². The third-order valence-corrected chi connectivity index (χ3v) is 9.52. The number of amides is 1. The van der Waals surface area contributed by atoms with Crippen molar-refractivity contribution in [2.45, 2.75) is 82.8 Å². The number of carbonyl (C=O) groups excluding carboxylic acids is 1. The number of anilines is 1. The fourth-order valence-electron chi connectivity index (χ4n) is 6.07. The lowest BCUT2D eigenvalue weighted by molar-refractivity contribution is 0.0981. The number of ether oxygens (including phenoxy) is 1. The first-order chi connectivity index (χ1) is 19.1. The van der Waals surface area contributed by atoms with E-state index in [-0.39, 0.29) is 22.1 Å². The lowest BCUT2D eigenvalue weighted by Gasteiger charge is -2.34. The molecule has 1 saturated heterocycles. The average molecular weight is 566 g/mol. The van der Waals surface area contributed by atoms with Gasteiger partial charge in [0.05, 0.1) is 10.5 Å². The summed E-state index contributed by atoms with van der Waals surface area (Å²) in [5, 5.41) is 4.62. The summed E-state index contributed by atoms with van der Waals surface area (Å²) in [6, 6.07) is 13.0. The first-order valence-corrected chi connectivity index (χ1v) is 15.7. The highest BCUT2D eigenvalue weighted by Gasteiger charge is 2.39. The molecular weight excluding hydrogens is 526 g/mol. The quantitative estimate of drug-likeness (QED) is 0.392. The van der Waals surface area contributed by atoms with Crippen LogP contribution in [0.2, 0.25) is 0 Å². The molecule has 3 aromatic rings. The van der Waals surface area contributed by atoms with Crippen LogP contribution in [0.15, 0.2) is 59.6 Å². The largest absolute Gasteiger partial charge is 0.473 e. The number of rotatable bonds is 8. The monoisotopic (exact) mass is 565 g/mol. The molecule has 3 heterocycles. The number of hydrogen-bond acceptors (Lipinski definition) is 7. The van der Waals surface area contributed by atoms with Crippen LogP contribution in [0.25, 0.3) is 5.82 Å². The number of carbonyl (C=O) groups is 1. The Bertz CT molecular complexity index is 1450. The van der Waals surface area contributed by atoms with E-state index < -0.39 is 15.9 Å². The second-order valence-electron chi connectivity index (χ2n) is 11.8. The van der Waals surface area contributed by atoms with E-state index in [1.165, 1.54) is 31.4 Å². The Kier molecular flexibility index (Phi) is 7.90. The molecule has 2 fully saturated rings. The third-order valence-electron chi connectivity index (χ3n) is 8.17. The predicted octanol–water partition coefficient (Wildman–Crippen LogP) is 5.36. The lowest BCUT2D eigenvalue weighted by Crippen LogP contribution is -2.41. The Hall–Kier alpha value is -3.40. The topological polar surface area (TPSA) is 106 Å². The molecule has 0 bridgehead atoms. The molecule has 9 nitrogen and oxygen atoms in total. The van der Waals surface area contributed by atoms with Gasteiger partial charge in [0.1, 0.15) is 11.9 Å². The van der Waals surface area contributed by atoms with Crippen molar-refractivity contribution in [1.29, 1.82) is 0 Å². The van der Waals surface area contributed by atoms with Gasteiger partial charge in [-0.1, -0.05) is 38.5 Å². The van der Waals surface area contributed by atoms with E-state index in [1.54, 1.807) is 41.2 Å². The van der Waals surface area contributed by atoms with E-state index in [0.29, 0.717) is 30.0 Å². The lowest BCUT2D eigenvalue weighted by atomic mass is 9.86. The van der Waals surface area contributed by atoms with Gasteiger partial charge in [0.15, 0.2) is 5.82 Å². The number of sulfonamides is 1. The molecule has 1 aliphatic carbocycles. The number of pyridine rings is 1. The van der Waals surface area contributed by atoms with Gasteiger partial charge in [0.25, 0.3) is 15.9 Å². The van der Waals surface area contributed by atoms with Gasteiger partial charge in [-0.05, 0) is 82.1 Å². The first kappa shape index (κ1) is 28.1. The molecule has 10 heteroatoms. The van der Waals surface area contributed by atoms with E-state index in [0.717, 1.165) is 25.2 Å². The summed E-state index contributed by atoms with van der Waals surface area (Å²) in [5.74, 6) is 1.96. The van der Waals surface area contributed by atoms with E-state index >= 15 is 0 Å². The molecular formula is C30H39N5O4S. The van der Waals surface area contributed by atoms with Crippen molar-refractivity contribution in [2.75, 3.05) is 11.4 Å². The second-order valence-corrected chi connectivity index (χ2v) is 13.5. The molecule has 214 valence electrons. The van der Waals surface area contributed by atoms with E-state index in [9.17, 15) is 13.2 Å². The molecule has 2 aromatic heterocycles. The number of benzene rings is 1. The minimum absolute atomic E-state index is 0.0249. The normalized spacial score (nSPS) is 22.7. The first-order valence-electron chi connectivity index (χ1n) is 14.2. The van der Waals surface area contributed by atoms with Crippen LogP contribution in [-0.2, 0) is 10.0 Å². The molecule has 1 saturated carbocycles. The van der Waals surface area contributed by atoms with Gasteiger partial charge in [-0.15, -0.1) is 5.10 Å². The predicted molar refractivity (Wildman–Crippen MR) is 154 cm³/mol. The third kappa shape index (κ3) is 6.01. The van der Waals surface area contributed by atoms with Crippen LogP contribution in [0.4, 0.5) is 5.82 Å².